The van der Waals surface area contributed by atoms with Gasteiger partial charge in [0, 0.05) is 18.3 Å². The molecule has 2 aromatic rings. The van der Waals surface area contributed by atoms with Gasteiger partial charge in [0.15, 0.2) is 0 Å². The van der Waals surface area contributed by atoms with E-state index in [0.717, 1.165) is 17.7 Å². The molecular formula is C16H18Cl2N2OS. The number of hydrogen-bond acceptors (Lipinski definition) is 3. The summed E-state index contributed by atoms with van der Waals surface area (Å²) in [5.41, 5.74) is 3.68. The summed E-state index contributed by atoms with van der Waals surface area (Å²) in [6, 6.07) is 5.37. The zero-order valence-corrected chi connectivity index (χ0v) is 14.8. The minimum absolute atomic E-state index is 0.00335. The van der Waals surface area contributed by atoms with Crippen LogP contribution in [0.1, 0.15) is 31.0 Å². The Morgan fingerprint density at radius 1 is 1.32 bits per heavy atom. The highest BCUT2D eigenvalue weighted by Gasteiger charge is 2.24. The van der Waals surface area contributed by atoms with Gasteiger partial charge in [-0.3, -0.25) is 4.79 Å². The maximum Gasteiger partial charge on any atom is 0.227 e. The summed E-state index contributed by atoms with van der Waals surface area (Å²) >= 11 is 13.6. The van der Waals surface area contributed by atoms with E-state index < -0.39 is 0 Å². The molecule has 1 amide bonds. The fourth-order valence-corrected chi connectivity index (χ4v) is 3.23. The standard InChI is InChI=1S/C16H18Cl2N2OS/c1-10(2)15(11-3-4-13(17)14(18)7-11)16(21)19-6-5-12-8-22-9-20-12/h3-4,7-10,15H,5-6H2,1-2H3,(H,19,21). The van der Waals surface area contributed by atoms with E-state index in [2.05, 4.69) is 10.3 Å². The summed E-state index contributed by atoms with van der Waals surface area (Å²) in [5.74, 6) is -0.0784. The third-order valence-corrected chi connectivity index (χ3v) is 4.79. The zero-order chi connectivity index (χ0) is 16.1. The quantitative estimate of drug-likeness (QED) is 0.824. The molecule has 118 valence electrons. The Bertz CT molecular complexity index is 629. The van der Waals surface area contributed by atoms with Crippen molar-refractivity contribution in [3.8, 4) is 0 Å². The van der Waals surface area contributed by atoms with Crippen LogP contribution in [0.2, 0.25) is 10.0 Å². The second kappa shape index (κ2) is 7.95. The Morgan fingerprint density at radius 3 is 2.68 bits per heavy atom. The number of rotatable bonds is 6. The SMILES string of the molecule is CC(C)C(C(=O)NCCc1cscn1)c1ccc(Cl)c(Cl)c1. The molecule has 1 aromatic carbocycles. The number of benzene rings is 1. The molecule has 1 aromatic heterocycles. The van der Waals surface area contributed by atoms with E-state index in [0.29, 0.717) is 16.6 Å². The van der Waals surface area contributed by atoms with Gasteiger partial charge in [0.1, 0.15) is 0 Å². The van der Waals surface area contributed by atoms with Crippen LogP contribution < -0.4 is 5.32 Å². The first-order chi connectivity index (χ1) is 10.5. The van der Waals surface area contributed by atoms with Gasteiger partial charge in [-0.2, -0.15) is 0 Å². The van der Waals surface area contributed by atoms with Crippen LogP contribution in [-0.2, 0) is 11.2 Å². The maximum atomic E-state index is 12.5. The topological polar surface area (TPSA) is 42.0 Å². The Labute approximate surface area is 144 Å². The summed E-state index contributed by atoms with van der Waals surface area (Å²) in [6.45, 7) is 4.62. The number of nitrogens with zero attached hydrogens (tertiary/aromatic N) is 1. The van der Waals surface area contributed by atoms with Crippen LogP contribution in [-0.4, -0.2) is 17.4 Å². The van der Waals surface area contributed by atoms with Crippen LogP contribution >= 0.6 is 34.5 Å². The molecular weight excluding hydrogens is 339 g/mol. The average molecular weight is 357 g/mol. The Morgan fingerprint density at radius 2 is 2.09 bits per heavy atom. The number of halogens is 2. The van der Waals surface area contributed by atoms with Crippen molar-refractivity contribution in [3.05, 3.63) is 50.4 Å². The molecule has 0 aliphatic rings. The lowest BCUT2D eigenvalue weighted by Crippen LogP contribution is -2.33. The second-order valence-corrected chi connectivity index (χ2v) is 6.95. The van der Waals surface area contributed by atoms with Crippen LogP contribution in [0.25, 0.3) is 0 Å². The summed E-state index contributed by atoms with van der Waals surface area (Å²) < 4.78 is 0. The fraction of sp³-hybridized carbons (Fsp3) is 0.375. The molecule has 0 aliphatic carbocycles. The highest BCUT2D eigenvalue weighted by molar-refractivity contribution is 7.07. The van der Waals surface area contributed by atoms with Gasteiger partial charge < -0.3 is 5.32 Å². The Balaban J connectivity index is 2.03. The van der Waals surface area contributed by atoms with Crippen molar-refractivity contribution in [2.24, 2.45) is 5.92 Å². The molecule has 0 spiro atoms. The van der Waals surface area contributed by atoms with Gasteiger partial charge in [-0.1, -0.05) is 43.1 Å². The molecule has 2 rings (SSSR count). The molecule has 1 unspecified atom stereocenters. The van der Waals surface area contributed by atoms with Gasteiger partial charge in [0.2, 0.25) is 5.91 Å². The smallest absolute Gasteiger partial charge is 0.227 e. The first kappa shape index (κ1) is 17.3. The summed E-state index contributed by atoms with van der Waals surface area (Å²) in [6.07, 6.45) is 0.738. The number of carbonyl (C=O) groups excluding carboxylic acids is 1. The minimum atomic E-state index is -0.245. The van der Waals surface area contributed by atoms with Gasteiger partial charge in [0.05, 0.1) is 27.2 Å². The molecule has 0 aliphatic heterocycles. The Kier molecular flexibility index (Phi) is 6.24. The van der Waals surface area contributed by atoms with Crippen LogP contribution in [0.4, 0.5) is 0 Å². The van der Waals surface area contributed by atoms with E-state index in [4.69, 9.17) is 23.2 Å². The van der Waals surface area contributed by atoms with Crippen molar-refractivity contribution in [3.63, 3.8) is 0 Å². The second-order valence-electron chi connectivity index (χ2n) is 5.42. The van der Waals surface area contributed by atoms with Crippen LogP contribution in [0, 0.1) is 5.92 Å². The maximum absolute atomic E-state index is 12.5. The number of hydrogen-bond donors (Lipinski definition) is 1. The fourth-order valence-electron chi connectivity index (χ4n) is 2.33. The molecule has 1 N–H and O–H groups in total. The third kappa shape index (κ3) is 4.45. The van der Waals surface area contributed by atoms with E-state index in [1.807, 2.05) is 25.3 Å². The summed E-state index contributed by atoms with van der Waals surface area (Å²) in [7, 11) is 0. The molecule has 0 bridgehead atoms. The lowest BCUT2D eigenvalue weighted by molar-refractivity contribution is -0.123. The van der Waals surface area contributed by atoms with E-state index >= 15 is 0 Å². The third-order valence-electron chi connectivity index (χ3n) is 3.42. The van der Waals surface area contributed by atoms with Gasteiger partial charge in [-0.25, -0.2) is 4.98 Å². The van der Waals surface area contributed by atoms with Crippen molar-refractivity contribution in [2.45, 2.75) is 26.2 Å². The van der Waals surface area contributed by atoms with Crippen LogP contribution in [0.3, 0.4) is 0 Å². The lowest BCUT2D eigenvalue weighted by atomic mass is 9.87. The molecule has 0 saturated heterocycles. The number of thiazole rings is 1. The molecule has 0 fully saturated rings. The van der Waals surface area contributed by atoms with Crippen LogP contribution in [0.15, 0.2) is 29.1 Å². The van der Waals surface area contributed by atoms with Crippen LogP contribution in [0.5, 0.6) is 0 Å². The molecule has 6 heteroatoms. The average Bonchev–Trinajstić information content (AvgIpc) is 2.96. The molecule has 22 heavy (non-hydrogen) atoms. The predicted octanol–water partition coefficient (Wildman–Crippen LogP) is 4.55. The van der Waals surface area contributed by atoms with E-state index in [-0.39, 0.29) is 17.7 Å². The van der Waals surface area contributed by atoms with Crippen molar-refractivity contribution in [2.75, 3.05) is 6.54 Å². The lowest BCUT2D eigenvalue weighted by Gasteiger charge is -2.21. The minimum Gasteiger partial charge on any atom is -0.355 e. The van der Waals surface area contributed by atoms with Crippen molar-refractivity contribution < 1.29 is 4.79 Å². The van der Waals surface area contributed by atoms with E-state index in [9.17, 15) is 4.79 Å². The molecule has 1 atom stereocenters. The largest absolute Gasteiger partial charge is 0.355 e. The molecule has 0 saturated carbocycles. The van der Waals surface area contributed by atoms with Gasteiger partial charge >= 0.3 is 0 Å². The van der Waals surface area contributed by atoms with E-state index in [1.165, 1.54) is 0 Å². The van der Waals surface area contributed by atoms with Crippen molar-refractivity contribution in [1.29, 1.82) is 0 Å². The van der Waals surface area contributed by atoms with E-state index in [1.54, 1.807) is 29.0 Å². The Hall–Kier alpha value is -1.10. The number of nitrogens with one attached hydrogen (secondary N) is 1. The highest BCUT2D eigenvalue weighted by atomic mass is 35.5. The van der Waals surface area contributed by atoms with Gasteiger partial charge in [-0.05, 0) is 23.6 Å². The zero-order valence-electron chi connectivity index (χ0n) is 12.5. The first-order valence-electron chi connectivity index (χ1n) is 7.08. The van der Waals surface area contributed by atoms with Crippen molar-refractivity contribution >= 4 is 40.4 Å². The molecule has 3 nitrogen and oxygen atoms in total. The number of aromatic nitrogens is 1. The summed E-state index contributed by atoms with van der Waals surface area (Å²) in [4.78, 5) is 16.7. The van der Waals surface area contributed by atoms with Crippen molar-refractivity contribution in [1.82, 2.24) is 10.3 Å². The highest BCUT2D eigenvalue weighted by Crippen LogP contribution is 2.30. The first-order valence-corrected chi connectivity index (χ1v) is 8.78. The predicted molar refractivity (Wildman–Crippen MR) is 92.9 cm³/mol. The number of amides is 1. The normalized spacial score (nSPS) is 12.4. The monoisotopic (exact) mass is 356 g/mol. The van der Waals surface area contributed by atoms with Gasteiger partial charge in [-0.15, -0.1) is 11.3 Å². The molecule has 0 radical (unpaired) electrons. The number of carbonyl (C=O) groups is 1. The van der Waals surface area contributed by atoms with Gasteiger partial charge in [0.25, 0.3) is 0 Å². The summed E-state index contributed by atoms with van der Waals surface area (Å²) in [5, 5.41) is 5.95. The molecule has 1 heterocycles.